The highest BCUT2D eigenvalue weighted by Crippen LogP contribution is 2.50. The van der Waals surface area contributed by atoms with Crippen molar-refractivity contribution in [1.29, 1.82) is 5.26 Å². The number of aromatic nitrogens is 1. The number of hydrogen-bond acceptors (Lipinski definition) is 6. The summed E-state index contributed by atoms with van der Waals surface area (Å²) in [5.41, 5.74) is 2.37. The maximum atomic E-state index is 13.9. The van der Waals surface area contributed by atoms with Crippen molar-refractivity contribution < 1.29 is 19.0 Å². The van der Waals surface area contributed by atoms with E-state index in [1.54, 1.807) is 0 Å². The van der Waals surface area contributed by atoms with Gasteiger partial charge in [-0.05, 0) is 89.0 Å². The number of nitriles is 1. The van der Waals surface area contributed by atoms with Crippen LogP contribution in [0.3, 0.4) is 0 Å². The highest BCUT2D eigenvalue weighted by Gasteiger charge is 2.49. The Labute approximate surface area is 238 Å². The highest BCUT2D eigenvalue weighted by molar-refractivity contribution is 5.69. The van der Waals surface area contributed by atoms with E-state index in [2.05, 4.69) is 30.3 Å². The number of ether oxygens (including phenoxy) is 3. The van der Waals surface area contributed by atoms with E-state index in [-0.39, 0.29) is 35.9 Å². The molecule has 2 fully saturated rings. The maximum absolute atomic E-state index is 13.9. The van der Waals surface area contributed by atoms with Gasteiger partial charge in [-0.3, -0.25) is 4.98 Å². The van der Waals surface area contributed by atoms with Gasteiger partial charge in [-0.2, -0.15) is 5.26 Å². The molecule has 0 bridgehead atoms. The van der Waals surface area contributed by atoms with E-state index in [9.17, 15) is 4.79 Å². The van der Waals surface area contributed by atoms with Crippen molar-refractivity contribution in [2.75, 3.05) is 19.8 Å². The van der Waals surface area contributed by atoms with E-state index in [1.165, 1.54) is 12.8 Å². The number of pyridine rings is 1. The molecule has 5 rings (SSSR count). The quantitative estimate of drug-likeness (QED) is 0.366. The van der Waals surface area contributed by atoms with E-state index in [1.807, 2.05) is 50.1 Å². The second-order valence-corrected chi connectivity index (χ2v) is 12.8. The van der Waals surface area contributed by atoms with Crippen LogP contribution in [0.5, 0.6) is 0 Å². The van der Waals surface area contributed by atoms with Crippen LogP contribution in [0.2, 0.25) is 0 Å². The molecule has 3 aliphatic rings. The minimum absolute atomic E-state index is 0.0515. The van der Waals surface area contributed by atoms with Crippen LogP contribution in [0.1, 0.15) is 108 Å². The molecule has 1 aromatic carbocycles. The lowest BCUT2D eigenvalue weighted by molar-refractivity contribution is -0.106. The Bertz CT molecular complexity index is 1200. The molecule has 2 heterocycles. The topological polar surface area (TPSA) is 84.7 Å². The fraction of sp³-hybridized carbons (Fsp3) is 0.606. The van der Waals surface area contributed by atoms with Gasteiger partial charge in [0.05, 0.1) is 23.8 Å². The Hall–Kier alpha value is -2.95. The standard InChI is InChI=1S/C33H43N3O4/c1-31(2,3)40-30(37)36(27-13-14-28(38-23-19-34)26-11-5-4-10-25(26)27)21-17-32(29-12-6-9-20-35-29)18-22-39-33(24-32)15-7-8-16-33/h4-6,9-12,20,27-28H,7-8,13-18,21-24H2,1-3H3/t27-,28-,32+/m0/s1. The molecule has 0 radical (unpaired) electrons. The number of amides is 1. The van der Waals surface area contributed by atoms with Crippen LogP contribution in [0.25, 0.3) is 0 Å². The molecule has 0 unspecified atom stereocenters. The zero-order chi connectivity index (χ0) is 28.2. The van der Waals surface area contributed by atoms with Crippen molar-refractivity contribution in [3.8, 4) is 6.07 Å². The summed E-state index contributed by atoms with van der Waals surface area (Å²) < 4.78 is 18.4. The van der Waals surface area contributed by atoms with E-state index in [0.717, 1.165) is 61.8 Å². The van der Waals surface area contributed by atoms with Gasteiger partial charge in [0.2, 0.25) is 0 Å². The Balaban J connectivity index is 1.47. The van der Waals surface area contributed by atoms with Crippen LogP contribution < -0.4 is 0 Å². The molecular formula is C33H43N3O4. The van der Waals surface area contributed by atoms with Crippen LogP contribution in [0.15, 0.2) is 48.7 Å². The Morgan fingerprint density at radius 3 is 2.55 bits per heavy atom. The Morgan fingerprint density at radius 2 is 1.85 bits per heavy atom. The first kappa shape index (κ1) is 28.6. The number of carbonyl (C=O) groups is 1. The molecule has 1 aliphatic heterocycles. The summed E-state index contributed by atoms with van der Waals surface area (Å²) in [5.74, 6) is 0. The normalized spacial score (nSPS) is 25.6. The third kappa shape index (κ3) is 6.19. The molecule has 1 aromatic heterocycles. The van der Waals surface area contributed by atoms with Crippen molar-refractivity contribution in [3.05, 3.63) is 65.5 Å². The molecule has 1 spiro atoms. The Morgan fingerprint density at radius 1 is 1.10 bits per heavy atom. The van der Waals surface area contributed by atoms with Crippen molar-refractivity contribution in [2.45, 2.75) is 107 Å². The second kappa shape index (κ2) is 11.9. The lowest BCUT2D eigenvalue weighted by Gasteiger charge is -2.47. The van der Waals surface area contributed by atoms with Gasteiger partial charge in [0.25, 0.3) is 0 Å². The van der Waals surface area contributed by atoms with Crippen molar-refractivity contribution >= 4 is 6.09 Å². The fourth-order valence-electron chi connectivity index (χ4n) is 7.19. The van der Waals surface area contributed by atoms with Gasteiger partial charge in [-0.15, -0.1) is 0 Å². The van der Waals surface area contributed by atoms with Gasteiger partial charge in [-0.1, -0.05) is 43.2 Å². The van der Waals surface area contributed by atoms with Gasteiger partial charge in [0, 0.05) is 30.5 Å². The molecular weight excluding hydrogens is 502 g/mol. The van der Waals surface area contributed by atoms with Crippen LogP contribution in [0.4, 0.5) is 4.79 Å². The molecule has 2 aliphatic carbocycles. The average molecular weight is 546 g/mol. The molecule has 40 heavy (non-hydrogen) atoms. The molecule has 1 amide bonds. The van der Waals surface area contributed by atoms with Crippen LogP contribution in [-0.4, -0.2) is 46.9 Å². The van der Waals surface area contributed by atoms with Crippen molar-refractivity contribution in [3.63, 3.8) is 0 Å². The summed E-state index contributed by atoms with van der Waals surface area (Å²) >= 11 is 0. The predicted octanol–water partition coefficient (Wildman–Crippen LogP) is 7.19. The predicted molar refractivity (Wildman–Crippen MR) is 153 cm³/mol. The van der Waals surface area contributed by atoms with E-state index in [0.29, 0.717) is 13.2 Å². The van der Waals surface area contributed by atoms with E-state index in [4.69, 9.17) is 24.5 Å². The lowest BCUT2D eigenvalue weighted by atomic mass is 9.67. The van der Waals surface area contributed by atoms with Gasteiger partial charge in [0.15, 0.2) is 0 Å². The van der Waals surface area contributed by atoms with Crippen LogP contribution in [0, 0.1) is 11.3 Å². The summed E-state index contributed by atoms with van der Waals surface area (Å²) in [5, 5.41) is 9.10. The van der Waals surface area contributed by atoms with Crippen LogP contribution >= 0.6 is 0 Å². The number of carbonyl (C=O) groups excluding carboxylic acids is 1. The number of benzene rings is 1. The molecule has 1 saturated carbocycles. The molecule has 1 saturated heterocycles. The first-order chi connectivity index (χ1) is 19.2. The minimum Gasteiger partial charge on any atom is -0.444 e. The number of nitrogens with zero attached hydrogens (tertiary/aromatic N) is 3. The first-order valence-electron chi connectivity index (χ1n) is 14.9. The van der Waals surface area contributed by atoms with Crippen LogP contribution in [-0.2, 0) is 19.6 Å². The molecule has 2 aromatic rings. The highest BCUT2D eigenvalue weighted by atomic mass is 16.6. The number of fused-ring (bicyclic) bond motifs is 1. The summed E-state index contributed by atoms with van der Waals surface area (Å²) in [6.45, 7) is 7.08. The molecule has 7 nitrogen and oxygen atoms in total. The largest absolute Gasteiger partial charge is 0.444 e. The third-order valence-corrected chi connectivity index (χ3v) is 8.96. The SMILES string of the molecule is CC(C)(C)OC(=O)N(CC[C@@]1(c2ccccn2)CCOC2(CCCC2)C1)[C@H]1CC[C@H](OCC#N)c2ccccc21. The van der Waals surface area contributed by atoms with Crippen molar-refractivity contribution in [2.24, 2.45) is 0 Å². The smallest absolute Gasteiger partial charge is 0.410 e. The summed E-state index contributed by atoms with van der Waals surface area (Å²) in [4.78, 5) is 20.7. The second-order valence-electron chi connectivity index (χ2n) is 12.8. The molecule has 0 N–H and O–H groups in total. The monoisotopic (exact) mass is 545 g/mol. The zero-order valence-electron chi connectivity index (χ0n) is 24.2. The molecule has 7 heteroatoms. The summed E-state index contributed by atoms with van der Waals surface area (Å²) in [6, 6.07) is 16.3. The number of hydrogen-bond donors (Lipinski definition) is 0. The Kier molecular flexibility index (Phi) is 8.49. The first-order valence-corrected chi connectivity index (χ1v) is 14.9. The van der Waals surface area contributed by atoms with Crippen molar-refractivity contribution in [1.82, 2.24) is 9.88 Å². The number of rotatable bonds is 7. The van der Waals surface area contributed by atoms with Gasteiger partial charge in [-0.25, -0.2) is 4.79 Å². The zero-order valence-corrected chi connectivity index (χ0v) is 24.2. The van der Waals surface area contributed by atoms with Gasteiger partial charge < -0.3 is 19.1 Å². The van der Waals surface area contributed by atoms with Gasteiger partial charge >= 0.3 is 6.09 Å². The maximum Gasteiger partial charge on any atom is 0.410 e. The summed E-state index contributed by atoms with van der Waals surface area (Å²) in [7, 11) is 0. The average Bonchev–Trinajstić information content (AvgIpc) is 3.39. The fourth-order valence-corrected chi connectivity index (χ4v) is 7.19. The van der Waals surface area contributed by atoms with Gasteiger partial charge in [0.1, 0.15) is 12.2 Å². The molecule has 214 valence electrons. The summed E-state index contributed by atoms with van der Waals surface area (Å²) in [6.07, 6.45) is 10.2. The lowest BCUT2D eigenvalue weighted by Crippen LogP contribution is -2.49. The van der Waals surface area contributed by atoms with E-state index >= 15 is 0 Å². The molecule has 3 atom stereocenters. The van der Waals surface area contributed by atoms with E-state index < -0.39 is 5.60 Å². The third-order valence-electron chi connectivity index (χ3n) is 8.96. The minimum atomic E-state index is -0.604.